The zero-order valence-corrected chi connectivity index (χ0v) is 8.49. The van der Waals surface area contributed by atoms with Crippen LogP contribution in [-0.4, -0.2) is 6.07 Å². The standard InChI is InChI=1S/C4H8I2N/c1-2-4-5-3-7-6-4/h7H,2-3H2,1H3/q-1. The molecule has 0 radical (unpaired) electrons. The van der Waals surface area contributed by atoms with Gasteiger partial charge in [-0.1, -0.05) is 0 Å². The number of nitrogens with one attached hydrogen (secondary N) is 1. The van der Waals surface area contributed by atoms with Gasteiger partial charge in [-0.2, -0.15) is 0 Å². The molecule has 0 unspecified atom stereocenters. The molecule has 0 aromatic carbocycles. The average molecular weight is 324 g/mol. The molecule has 7 heavy (non-hydrogen) atoms. The topological polar surface area (TPSA) is 12.0 Å². The molecule has 1 aliphatic heterocycles. The average Bonchev–Trinajstić information content (AvgIpc) is 2.14. The van der Waals surface area contributed by atoms with Crippen LogP contribution >= 0.6 is 20.7 Å². The number of alkyl halides is 1. The van der Waals surface area contributed by atoms with Gasteiger partial charge in [0.15, 0.2) is 0 Å². The Morgan fingerprint density at radius 2 is 2.86 bits per heavy atom. The van der Waals surface area contributed by atoms with E-state index in [0.717, 1.165) is 0 Å². The molecule has 0 fully saturated rings. The maximum absolute atomic E-state index is 3.45. The van der Waals surface area contributed by atoms with Crippen molar-refractivity contribution in [3.8, 4) is 0 Å². The monoisotopic (exact) mass is 324 g/mol. The van der Waals surface area contributed by atoms with E-state index in [1.54, 1.807) is 0 Å². The third-order valence-electron chi connectivity index (χ3n) is 0.699. The van der Waals surface area contributed by atoms with Gasteiger partial charge >= 0.3 is 65.2 Å². The first kappa shape index (κ1) is 6.41. The van der Waals surface area contributed by atoms with Gasteiger partial charge in [0, 0.05) is 0 Å². The van der Waals surface area contributed by atoms with Crippen LogP contribution in [0.4, 0.5) is 0 Å². The third-order valence-corrected chi connectivity index (χ3v) is 9.92. The van der Waals surface area contributed by atoms with Crippen LogP contribution in [0.15, 0.2) is 0 Å². The van der Waals surface area contributed by atoms with Crippen LogP contribution in [0.5, 0.6) is 0 Å². The van der Waals surface area contributed by atoms with E-state index in [0.29, 0.717) is 42.2 Å². The first-order chi connectivity index (χ1) is 3.43. The molecule has 0 saturated heterocycles. The molecule has 1 nitrogen and oxygen atoms in total. The van der Waals surface area contributed by atoms with Crippen molar-refractivity contribution in [2.24, 2.45) is 0 Å². The fourth-order valence-electron chi connectivity index (χ4n) is 0.382. The van der Waals surface area contributed by atoms with Crippen molar-refractivity contribution in [1.29, 1.82) is 0 Å². The van der Waals surface area contributed by atoms with Crippen LogP contribution in [0, 0.1) is 0 Å². The Kier molecular flexibility index (Phi) is 3.06. The van der Waals surface area contributed by atoms with E-state index in [9.17, 15) is 0 Å². The van der Waals surface area contributed by atoms with E-state index in [4.69, 9.17) is 0 Å². The van der Waals surface area contributed by atoms with Crippen molar-refractivity contribution in [2.45, 2.75) is 13.3 Å². The summed E-state index contributed by atoms with van der Waals surface area (Å²) in [4.78, 5) is 0. The van der Waals surface area contributed by atoms with Crippen molar-refractivity contribution in [3.63, 3.8) is 0 Å². The third kappa shape index (κ3) is 1.93. The molecule has 0 aromatic heterocycles. The zero-order valence-electron chi connectivity index (χ0n) is 4.17. The van der Waals surface area contributed by atoms with Gasteiger partial charge < -0.3 is 0 Å². The van der Waals surface area contributed by atoms with Crippen LogP contribution in [0.3, 0.4) is 0 Å². The quantitative estimate of drug-likeness (QED) is 0.256. The molecule has 44 valence electrons. The van der Waals surface area contributed by atoms with E-state index in [2.05, 4.69) is 10.5 Å². The molecule has 1 N–H and O–H groups in total. The SMILES string of the molecule is CCC1=ICN[I-]1. The molecular weight excluding hydrogens is 316 g/mol. The summed E-state index contributed by atoms with van der Waals surface area (Å²) in [5.41, 5.74) is 0. The number of hydrogen-bond acceptors (Lipinski definition) is 1. The Morgan fingerprint density at radius 1 is 2.00 bits per heavy atom. The summed E-state index contributed by atoms with van der Waals surface area (Å²) in [6, 6.07) is 0. The van der Waals surface area contributed by atoms with Crippen LogP contribution < -0.4 is 25.0 Å². The molecule has 1 heterocycles. The van der Waals surface area contributed by atoms with Crippen molar-refractivity contribution in [3.05, 3.63) is 0 Å². The van der Waals surface area contributed by atoms with E-state index < -0.39 is 0 Å². The molecule has 0 aromatic rings. The van der Waals surface area contributed by atoms with Crippen LogP contribution in [0.1, 0.15) is 13.3 Å². The number of hydrogen-bond donors (Lipinski definition) is 1. The molecule has 0 spiro atoms. The minimum absolute atomic E-state index is 0.392. The fraction of sp³-hybridized carbons (Fsp3) is 0.750. The van der Waals surface area contributed by atoms with Gasteiger partial charge in [0.1, 0.15) is 0 Å². The summed E-state index contributed by atoms with van der Waals surface area (Å²) in [6.45, 7) is 2.28. The van der Waals surface area contributed by atoms with Gasteiger partial charge in [0.05, 0.1) is 0 Å². The van der Waals surface area contributed by atoms with Crippen molar-refractivity contribution in [2.75, 3.05) is 4.55 Å². The van der Waals surface area contributed by atoms with Crippen LogP contribution in [0.2, 0.25) is 0 Å². The summed E-state index contributed by atoms with van der Waals surface area (Å²) < 4.78 is 6.72. The van der Waals surface area contributed by atoms with E-state index >= 15 is 0 Å². The Labute approximate surface area is 64.6 Å². The Balaban J connectivity index is 2.36. The predicted octanol–water partition coefficient (Wildman–Crippen LogP) is -1.94. The summed E-state index contributed by atoms with van der Waals surface area (Å²) >= 11 is 0.923. The van der Waals surface area contributed by atoms with Crippen molar-refractivity contribution < 1.29 is 21.5 Å². The molecule has 0 amide bonds. The Bertz CT molecular complexity index is 89.7. The van der Waals surface area contributed by atoms with E-state index in [1.807, 2.05) is 1.52 Å². The van der Waals surface area contributed by atoms with E-state index in [-0.39, 0.29) is 0 Å². The first-order valence-electron chi connectivity index (χ1n) is 2.25. The molecule has 3 heteroatoms. The van der Waals surface area contributed by atoms with Crippen LogP contribution in [-0.2, 0) is 0 Å². The van der Waals surface area contributed by atoms with Gasteiger partial charge in [-0.25, -0.2) is 0 Å². The van der Waals surface area contributed by atoms with Gasteiger partial charge in [-0.3, -0.25) is 0 Å². The summed E-state index contributed by atoms with van der Waals surface area (Å²) in [5.74, 6) is 0. The van der Waals surface area contributed by atoms with Crippen LogP contribution in [0.25, 0.3) is 0 Å². The molecule has 0 saturated carbocycles. The minimum atomic E-state index is 0.392. The van der Waals surface area contributed by atoms with Gasteiger partial charge in [0.25, 0.3) is 0 Å². The van der Waals surface area contributed by atoms with E-state index in [1.165, 1.54) is 11.0 Å². The molecule has 1 rings (SSSR count). The van der Waals surface area contributed by atoms with Gasteiger partial charge in [-0.15, -0.1) is 0 Å². The summed E-state index contributed by atoms with van der Waals surface area (Å²) in [7, 11) is 0. The normalized spacial score (nSPS) is 22.1. The molecular formula is C4H8I2N-. The summed E-state index contributed by atoms with van der Waals surface area (Å²) in [6.07, 6.45) is 1.37. The Hall–Kier alpha value is 1.29. The predicted molar refractivity (Wildman–Crippen MR) is 37.3 cm³/mol. The zero-order chi connectivity index (χ0) is 5.11. The molecule has 0 aliphatic carbocycles. The molecule has 0 atom stereocenters. The number of halogens is 2. The summed E-state index contributed by atoms with van der Waals surface area (Å²) in [5, 5.41) is 0. The van der Waals surface area contributed by atoms with Crippen molar-refractivity contribution in [1.82, 2.24) is 3.53 Å². The molecule has 1 aliphatic rings. The first-order valence-corrected chi connectivity index (χ1v) is 7.01. The van der Waals surface area contributed by atoms with Crippen molar-refractivity contribution >= 4 is 22.2 Å². The maximum atomic E-state index is 3.45. The second-order valence-electron chi connectivity index (χ2n) is 1.19. The Morgan fingerprint density at radius 3 is 3.14 bits per heavy atom. The second kappa shape index (κ2) is 3.34. The van der Waals surface area contributed by atoms with Gasteiger partial charge in [0.2, 0.25) is 0 Å². The second-order valence-corrected chi connectivity index (χ2v) is 8.68. The van der Waals surface area contributed by atoms with Gasteiger partial charge in [-0.05, 0) is 0 Å². The molecule has 0 bridgehead atoms. The fourth-order valence-corrected chi connectivity index (χ4v) is 7.40. The number of rotatable bonds is 1.